The number of halogens is 4. The number of imidazole rings is 1. The van der Waals surface area contributed by atoms with Gasteiger partial charge < -0.3 is 14.0 Å². The molecule has 0 bridgehead atoms. The third-order valence-corrected chi connectivity index (χ3v) is 6.62. The highest BCUT2D eigenvalue weighted by Gasteiger charge is 2.41. The second-order valence-corrected chi connectivity index (χ2v) is 9.19. The summed E-state index contributed by atoms with van der Waals surface area (Å²) in [5.41, 5.74) is 0.484. The lowest BCUT2D eigenvalue weighted by molar-refractivity contribution is -0.180. The molecule has 2 aromatic carbocycles. The molecule has 3 aromatic rings. The van der Waals surface area contributed by atoms with Gasteiger partial charge in [0.05, 0.1) is 31.1 Å². The molecule has 0 radical (unpaired) electrons. The molecule has 32 heavy (non-hydrogen) atoms. The zero-order valence-electron chi connectivity index (χ0n) is 17.1. The van der Waals surface area contributed by atoms with Gasteiger partial charge in [0.25, 0.3) is 0 Å². The molecule has 1 aliphatic heterocycles. The number of hydrogen-bond acceptors (Lipinski definition) is 4. The minimum Gasteiger partial charge on any atom is -0.345 e. The molecule has 0 N–H and O–H groups in total. The van der Waals surface area contributed by atoms with E-state index in [1.165, 1.54) is 23.9 Å². The van der Waals surface area contributed by atoms with Gasteiger partial charge >= 0.3 is 6.18 Å². The minimum absolute atomic E-state index is 0.170. The molecule has 2 unspecified atom stereocenters. The van der Waals surface area contributed by atoms with E-state index in [4.69, 9.17) is 21.1 Å². The molecule has 0 amide bonds. The normalized spacial score (nSPS) is 21.2. The first-order chi connectivity index (χ1) is 15.3. The van der Waals surface area contributed by atoms with Gasteiger partial charge in [-0.2, -0.15) is 13.2 Å². The lowest BCUT2D eigenvalue weighted by Crippen LogP contribution is -2.37. The Labute approximate surface area is 193 Å². The zero-order chi connectivity index (χ0) is 22.6. The van der Waals surface area contributed by atoms with Crippen LogP contribution in [0.1, 0.15) is 17.5 Å². The van der Waals surface area contributed by atoms with Gasteiger partial charge in [0, 0.05) is 34.5 Å². The Balaban J connectivity index is 1.38. The minimum atomic E-state index is -4.33. The largest absolute Gasteiger partial charge is 0.416 e. The van der Waals surface area contributed by atoms with Gasteiger partial charge in [0.15, 0.2) is 5.79 Å². The highest BCUT2D eigenvalue weighted by atomic mass is 35.5. The molecule has 2 heterocycles. The van der Waals surface area contributed by atoms with E-state index in [1.807, 2.05) is 35.0 Å². The SMILES string of the molecule is FC(F)(F)c1ccc(SCC2COC(CCc3ccc(Cl)cc3)(Cn3ccnc3)O2)cc1. The zero-order valence-corrected chi connectivity index (χ0v) is 18.7. The Morgan fingerprint density at radius 2 is 1.88 bits per heavy atom. The van der Waals surface area contributed by atoms with E-state index in [9.17, 15) is 13.2 Å². The lowest BCUT2D eigenvalue weighted by atomic mass is 10.0. The fourth-order valence-electron chi connectivity index (χ4n) is 3.57. The van der Waals surface area contributed by atoms with Crippen LogP contribution in [0.15, 0.2) is 72.1 Å². The monoisotopic (exact) mass is 482 g/mol. The van der Waals surface area contributed by atoms with Crippen molar-refractivity contribution in [2.24, 2.45) is 0 Å². The average molecular weight is 483 g/mol. The summed E-state index contributed by atoms with van der Waals surface area (Å²) < 4.78 is 52.7. The standard InChI is InChI=1S/C23H22ClF3N2O2S/c24-19-5-1-17(2-6-19)9-10-22(15-29-12-11-28-16-29)30-13-20(31-22)14-32-21-7-3-18(4-8-21)23(25,26)27/h1-8,11-12,16,20H,9-10,13-15H2. The van der Waals surface area contributed by atoms with Crippen molar-refractivity contribution in [1.82, 2.24) is 9.55 Å². The number of rotatable bonds is 8. The molecule has 1 aromatic heterocycles. The summed E-state index contributed by atoms with van der Waals surface area (Å²) in [5, 5.41) is 0.690. The van der Waals surface area contributed by atoms with Crippen LogP contribution in [0.4, 0.5) is 13.2 Å². The Kier molecular flexibility index (Phi) is 7.14. The summed E-state index contributed by atoms with van der Waals surface area (Å²) in [6, 6.07) is 12.9. The number of aromatic nitrogens is 2. The predicted octanol–water partition coefficient (Wildman–Crippen LogP) is 6.09. The highest BCUT2D eigenvalue weighted by Crippen LogP contribution is 2.34. The van der Waals surface area contributed by atoms with E-state index in [-0.39, 0.29) is 6.10 Å². The van der Waals surface area contributed by atoms with Gasteiger partial charge in [-0.1, -0.05) is 23.7 Å². The van der Waals surface area contributed by atoms with Crippen LogP contribution < -0.4 is 0 Å². The van der Waals surface area contributed by atoms with Crippen LogP contribution in [0.2, 0.25) is 5.02 Å². The van der Waals surface area contributed by atoms with Crippen molar-refractivity contribution in [1.29, 1.82) is 0 Å². The Morgan fingerprint density at radius 3 is 2.53 bits per heavy atom. The van der Waals surface area contributed by atoms with Gasteiger partial charge in [-0.05, 0) is 48.4 Å². The van der Waals surface area contributed by atoms with Crippen LogP contribution in [0.5, 0.6) is 0 Å². The van der Waals surface area contributed by atoms with E-state index in [0.717, 1.165) is 29.0 Å². The number of benzene rings is 2. The van der Waals surface area contributed by atoms with Crippen molar-refractivity contribution < 1.29 is 22.6 Å². The quantitative estimate of drug-likeness (QED) is 0.364. The summed E-state index contributed by atoms with van der Waals surface area (Å²) >= 11 is 7.43. The van der Waals surface area contributed by atoms with Gasteiger partial charge in [0.2, 0.25) is 0 Å². The number of ether oxygens (including phenoxy) is 2. The van der Waals surface area contributed by atoms with Gasteiger partial charge in [-0.3, -0.25) is 0 Å². The molecule has 1 saturated heterocycles. The number of aryl methyl sites for hydroxylation is 1. The molecule has 2 atom stereocenters. The van der Waals surface area contributed by atoms with Crippen LogP contribution >= 0.6 is 23.4 Å². The summed E-state index contributed by atoms with van der Waals surface area (Å²) in [6.45, 7) is 0.922. The smallest absolute Gasteiger partial charge is 0.345 e. The molecule has 4 rings (SSSR count). The molecule has 0 saturated carbocycles. The van der Waals surface area contributed by atoms with Crippen molar-refractivity contribution in [3.63, 3.8) is 0 Å². The Hall–Kier alpha value is -2.00. The molecular formula is C23H22ClF3N2O2S. The van der Waals surface area contributed by atoms with Crippen molar-refractivity contribution in [2.45, 2.75) is 42.3 Å². The highest BCUT2D eigenvalue weighted by molar-refractivity contribution is 7.99. The van der Waals surface area contributed by atoms with E-state index in [2.05, 4.69) is 4.98 Å². The van der Waals surface area contributed by atoms with Crippen molar-refractivity contribution >= 4 is 23.4 Å². The lowest BCUT2D eigenvalue weighted by Gasteiger charge is -2.28. The second-order valence-electron chi connectivity index (χ2n) is 7.66. The van der Waals surface area contributed by atoms with Gasteiger partial charge in [-0.15, -0.1) is 11.8 Å². The molecule has 1 fully saturated rings. The summed E-state index contributed by atoms with van der Waals surface area (Å²) in [7, 11) is 0. The molecule has 4 nitrogen and oxygen atoms in total. The summed E-state index contributed by atoms with van der Waals surface area (Å²) in [6.07, 6.45) is 2.19. The number of nitrogens with zero attached hydrogens (tertiary/aromatic N) is 2. The molecule has 0 spiro atoms. The second kappa shape index (κ2) is 9.87. The van der Waals surface area contributed by atoms with Crippen molar-refractivity contribution in [3.05, 3.63) is 83.4 Å². The molecular weight excluding hydrogens is 461 g/mol. The van der Waals surface area contributed by atoms with Gasteiger partial charge in [-0.25, -0.2) is 4.98 Å². The number of thioether (sulfide) groups is 1. The van der Waals surface area contributed by atoms with Crippen molar-refractivity contribution in [2.75, 3.05) is 12.4 Å². The average Bonchev–Trinajstić information content (AvgIpc) is 3.42. The first-order valence-corrected chi connectivity index (χ1v) is 11.5. The van der Waals surface area contributed by atoms with E-state index >= 15 is 0 Å². The predicted molar refractivity (Wildman–Crippen MR) is 118 cm³/mol. The maximum atomic E-state index is 12.8. The van der Waals surface area contributed by atoms with Crippen LogP contribution in [-0.4, -0.2) is 33.8 Å². The fraction of sp³-hybridized carbons (Fsp3) is 0.348. The van der Waals surface area contributed by atoms with Gasteiger partial charge in [0.1, 0.15) is 0 Å². The van der Waals surface area contributed by atoms with Crippen LogP contribution in [0.3, 0.4) is 0 Å². The maximum absolute atomic E-state index is 12.8. The summed E-state index contributed by atoms with van der Waals surface area (Å²) in [4.78, 5) is 4.85. The van der Waals surface area contributed by atoms with Crippen LogP contribution in [0, 0.1) is 0 Å². The summed E-state index contributed by atoms with van der Waals surface area (Å²) in [5.74, 6) is -0.219. The Morgan fingerprint density at radius 1 is 1.12 bits per heavy atom. The van der Waals surface area contributed by atoms with Crippen LogP contribution in [0.25, 0.3) is 0 Å². The van der Waals surface area contributed by atoms with E-state index in [1.54, 1.807) is 12.5 Å². The van der Waals surface area contributed by atoms with Crippen LogP contribution in [-0.2, 0) is 28.6 Å². The molecule has 9 heteroatoms. The Bertz CT molecular complexity index is 998. The molecule has 0 aliphatic carbocycles. The maximum Gasteiger partial charge on any atom is 0.416 e. The van der Waals surface area contributed by atoms with Crippen molar-refractivity contribution in [3.8, 4) is 0 Å². The fourth-order valence-corrected chi connectivity index (χ4v) is 4.56. The van der Waals surface area contributed by atoms with E-state index in [0.29, 0.717) is 30.3 Å². The third kappa shape index (κ3) is 6.07. The number of hydrogen-bond donors (Lipinski definition) is 0. The first-order valence-electron chi connectivity index (χ1n) is 10.1. The third-order valence-electron chi connectivity index (χ3n) is 5.22. The molecule has 170 valence electrons. The molecule has 1 aliphatic rings. The number of alkyl halides is 3. The van der Waals surface area contributed by atoms with E-state index < -0.39 is 17.5 Å². The topological polar surface area (TPSA) is 36.3 Å². The first kappa shape index (κ1) is 23.2.